The molecule has 0 radical (unpaired) electrons. The monoisotopic (exact) mass is 470 g/mol. The van der Waals surface area contributed by atoms with Gasteiger partial charge in [-0.2, -0.15) is 5.26 Å². The van der Waals surface area contributed by atoms with E-state index in [1.165, 1.54) is 18.3 Å². The van der Waals surface area contributed by atoms with E-state index < -0.39 is 5.82 Å². The highest BCUT2D eigenvalue weighted by Gasteiger charge is 2.29. The molecular formula is C23H24ClFN6O2. The van der Waals surface area contributed by atoms with Gasteiger partial charge >= 0.3 is 0 Å². The van der Waals surface area contributed by atoms with E-state index in [-0.39, 0.29) is 35.1 Å². The van der Waals surface area contributed by atoms with Crippen LogP contribution in [-0.4, -0.2) is 44.7 Å². The standard InChI is InChI=1S/C23H23FN6O2.ClH/c24-19-2-1-15(9-16(19)10-25)11-26-17-5-7-28(8-6-17)13-18-14-29-21(31)4-3-20-23(29)30(18)22(32)12-27-20;/h1-4,9,12,17-18,26H,5-8,11,13-14H2;1H/t18-;/m1./s1. The first-order valence-corrected chi connectivity index (χ1v) is 10.8. The van der Waals surface area contributed by atoms with Crippen LogP contribution < -0.4 is 16.4 Å². The number of hydrogen-bond acceptors (Lipinski definition) is 6. The zero-order valence-electron chi connectivity index (χ0n) is 17.9. The van der Waals surface area contributed by atoms with E-state index >= 15 is 0 Å². The van der Waals surface area contributed by atoms with Crippen molar-refractivity contribution in [1.29, 1.82) is 5.26 Å². The molecule has 2 aliphatic rings. The summed E-state index contributed by atoms with van der Waals surface area (Å²) < 4.78 is 16.9. The largest absolute Gasteiger partial charge is 0.310 e. The van der Waals surface area contributed by atoms with Gasteiger partial charge in [0, 0.05) is 31.7 Å². The lowest BCUT2D eigenvalue weighted by atomic mass is 10.0. The smallest absolute Gasteiger partial charge is 0.270 e. The number of nitriles is 1. The summed E-state index contributed by atoms with van der Waals surface area (Å²) in [5.74, 6) is -0.494. The lowest BCUT2D eigenvalue weighted by Gasteiger charge is -2.34. The van der Waals surface area contributed by atoms with E-state index in [2.05, 4.69) is 15.2 Å². The predicted molar refractivity (Wildman–Crippen MR) is 124 cm³/mol. The van der Waals surface area contributed by atoms with E-state index in [0.717, 1.165) is 31.5 Å². The van der Waals surface area contributed by atoms with Gasteiger partial charge in [-0.25, -0.2) is 9.37 Å². The molecule has 2 aromatic heterocycles. The number of halogens is 2. The summed E-state index contributed by atoms with van der Waals surface area (Å²) in [6.45, 7) is 3.55. The van der Waals surface area contributed by atoms with Crippen LogP contribution in [0.1, 0.15) is 30.0 Å². The van der Waals surface area contributed by atoms with Gasteiger partial charge in [0.1, 0.15) is 23.1 Å². The molecule has 0 spiro atoms. The number of aromatic nitrogens is 3. The van der Waals surface area contributed by atoms with Crippen molar-refractivity contribution in [3.05, 3.63) is 74.2 Å². The number of rotatable bonds is 5. The summed E-state index contributed by atoms with van der Waals surface area (Å²) in [6, 6.07) is 9.92. The lowest BCUT2D eigenvalue weighted by Crippen LogP contribution is -2.44. The first-order valence-electron chi connectivity index (χ1n) is 10.8. The van der Waals surface area contributed by atoms with Gasteiger partial charge in [-0.15, -0.1) is 12.4 Å². The van der Waals surface area contributed by atoms with Gasteiger partial charge in [0.25, 0.3) is 11.1 Å². The molecule has 8 nitrogen and oxygen atoms in total. The maximum atomic E-state index is 13.5. The molecular weight excluding hydrogens is 447 g/mol. The van der Waals surface area contributed by atoms with E-state index in [1.54, 1.807) is 27.3 Å². The van der Waals surface area contributed by atoms with Crippen molar-refractivity contribution in [3.8, 4) is 6.07 Å². The van der Waals surface area contributed by atoms with Crippen molar-refractivity contribution >= 4 is 23.6 Å². The van der Waals surface area contributed by atoms with Crippen LogP contribution in [0.3, 0.4) is 0 Å². The minimum Gasteiger partial charge on any atom is -0.310 e. The number of piperidine rings is 1. The number of benzene rings is 1. The summed E-state index contributed by atoms with van der Waals surface area (Å²) in [5.41, 5.74) is 1.95. The van der Waals surface area contributed by atoms with Crippen LogP contribution in [0.4, 0.5) is 4.39 Å². The number of likely N-dealkylation sites (tertiary alicyclic amines) is 1. The summed E-state index contributed by atoms with van der Waals surface area (Å²) in [7, 11) is 0. The van der Waals surface area contributed by atoms with E-state index in [4.69, 9.17) is 5.26 Å². The maximum absolute atomic E-state index is 13.5. The van der Waals surface area contributed by atoms with Gasteiger partial charge in [0.05, 0.1) is 17.8 Å². The Balaban J connectivity index is 0.00000259. The Morgan fingerprint density at radius 2 is 1.94 bits per heavy atom. The summed E-state index contributed by atoms with van der Waals surface area (Å²) in [5, 5.41) is 12.5. The zero-order chi connectivity index (χ0) is 22.2. The van der Waals surface area contributed by atoms with Crippen molar-refractivity contribution < 1.29 is 4.39 Å². The summed E-state index contributed by atoms with van der Waals surface area (Å²) >= 11 is 0. The van der Waals surface area contributed by atoms with Crippen molar-refractivity contribution in [2.45, 2.75) is 38.0 Å². The van der Waals surface area contributed by atoms with Gasteiger partial charge in [-0.05, 0) is 49.7 Å². The molecule has 5 rings (SSSR count). The number of hydrogen-bond donors (Lipinski definition) is 1. The molecule has 0 saturated carbocycles. The highest BCUT2D eigenvalue weighted by Crippen LogP contribution is 2.24. The second-order valence-corrected chi connectivity index (χ2v) is 8.49. The quantitative estimate of drug-likeness (QED) is 0.611. The molecule has 1 N–H and O–H groups in total. The molecule has 1 saturated heterocycles. The van der Waals surface area contributed by atoms with Gasteiger partial charge in [0.15, 0.2) is 0 Å². The van der Waals surface area contributed by atoms with Gasteiger partial charge in [-0.3, -0.25) is 18.7 Å². The van der Waals surface area contributed by atoms with Gasteiger partial charge in [0.2, 0.25) is 0 Å². The SMILES string of the molecule is Cl.N#Cc1cc(CNC2CCN(C[C@@H]3Cn4c(=O)ccc5ncc(=O)n3c54)CC2)ccc1F. The third-order valence-corrected chi connectivity index (χ3v) is 6.48. The Labute approximate surface area is 195 Å². The van der Waals surface area contributed by atoms with Crippen LogP contribution in [0.5, 0.6) is 0 Å². The van der Waals surface area contributed by atoms with E-state index in [0.29, 0.717) is 36.8 Å². The maximum Gasteiger partial charge on any atom is 0.270 e. The molecule has 0 amide bonds. The number of nitrogens with one attached hydrogen (secondary N) is 1. The van der Waals surface area contributed by atoms with Gasteiger partial charge in [-0.1, -0.05) is 6.07 Å². The Morgan fingerprint density at radius 3 is 2.70 bits per heavy atom. The Morgan fingerprint density at radius 1 is 1.15 bits per heavy atom. The molecule has 10 heteroatoms. The average Bonchev–Trinajstić information content (AvgIpc) is 3.19. The zero-order valence-corrected chi connectivity index (χ0v) is 18.7. The van der Waals surface area contributed by atoms with Crippen LogP contribution in [0.15, 0.2) is 46.1 Å². The first-order chi connectivity index (χ1) is 15.5. The van der Waals surface area contributed by atoms with Crippen molar-refractivity contribution in [3.63, 3.8) is 0 Å². The Hall–Kier alpha value is -3.06. The van der Waals surface area contributed by atoms with Crippen molar-refractivity contribution in [2.75, 3.05) is 19.6 Å². The molecule has 3 aromatic rings. The van der Waals surface area contributed by atoms with Crippen LogP contribution in [0.2, 0.25) is 0 Å². The molecule has 1 atom stereocenters. The summed E-state index contributed by atoms with van der Waals surface area (Å²) in [4.78, 5) is 31.3. The minimum atomic E-state index is -0.494. The molecule has 1 aromatic carbocycles. The topological polar surface area (TPSA) is 96.0 Å². The molecule has 0 aliphatic carbocycles. The van der Waals surface area contributed by atoms with Crippen molar-refractivity contribution in [2.24, 2.45) is 0 Å². The van der Waals surface area contributed by atoms with E-state index in [9.17, 15) is 14.0 Å². The third kappa shape index (κ3) is 4.42. The van der Waals surface area contributed by atoms with Crippen LogP contribution in [0, 0.1) is 17.1 Å². The van der Waals surface area contributed by atoms with Gasteiger partial charge < -0.3 is 10.2 Å². The molecule has 33 heavy (non-hydrogen) atoms. The molecule has 2 aliphatic heterocycles. The van der Waals surface area contributed by atoms with E-state index in [1.807, 2.05) is 6.07 Å². The van der Waals surface area contributed by atoms with Crippen molar-refractivity contribution in [1.82, 2.24) is 24.3 Å². The number of nitrogens with zero attached hydrogens (tertiary/aromatic N) is 5. The van der Waals surface area contributed by atoms with Crippen LogP contribution in [0.25, 0.3) is 11.2 Å². The average molecular weight is 471 g/mol. The fourth-order valence-corrected chi connectivity index (χ4v) is 4.81. The number of pyridine rings is 1. The first kappa shape index (κ1) is 23.1. The second kappa shape index (κ2) is 9.43. The molecule has 4 heterocycles. The highest BCUT2D eigenvalue weighted by atomic mass is 35.5. The fourth-order valence-electron chi connectivity index (χ4n) is 4.81. The predicted octanol–water partition coefficient (Wildman–Crippen LogP) is 1.80. The summed E-state index contributed by atoms with van der Waals surface area (Å²) in [6.07, 6.45) is 3.23. The minimum absolute atomic E-state index is 0. The Kier molecular flexibility index (Phi) is 6.61. The molecule has 1 fully saturated rings. The second-order valence-electron chi connectivity index (χ2n) is 8.49. The highest BCUT2D eigenvalue weighted by molar-refractivity contribution is 5.85. The molecule has 0 unspecified atom stereocenters. The fraction of sp³-hybridized carbons (Fsp3) is 0.391. The third-order valence-electron chi connectivity index (χ3n) is 6.48. The normalized spacial score (nSPS) is 18.2. The Bertz CT molecular complexity index is 1330. The lowest BCUT2D eigenvalue weighted by molar-refractivity contribution is 0.171. The molecule has 172 valence electrons. The van der Waals surface area contributed by atoms with Crippen LogP contribution in [-0.2, 0) is 13.1 Å². The molecule has 0 bridgehead atoms. The van der Waals surface area contributed by atoms with Crippen LogP contribution >= 0.6 is 12.4 Å².